The number of anilines is 1. The average molecular weight is 260 g/mol. The maximum absolute atomic E-state index is 8.91. The Hall–Kier alpha value is -1.14. The number of nitrogens with zero attached hydrogens (tertiary/aromatic N) is 1. The molecule has 0 atom stereocenters. The molecule has 0 amide bonds. The van der Waals surface area contributed by atoms with Gasteiger partial charge in [-0.1, -0.05) is 0 Å². The van der Waals surface area contributed by atoms with Gasteiger partial charge in [-0.3, -0.25) is 0 Å². The summed E-state index contributed by atoms with van der Waals surface area (Å²) in [6.07, 6.45) is 7.35. The predicted molar refractivity (Wildman–Crippen MR) is 79.1 cm³/mol. The van der Waals surface area contributed by atoms with E-state index in [2.05, 4.69) is 23.7 Å². The summed E-state index contributed by atoms with van der Waals surface area (Å²) >= 11 is 2.00. The molecule has 1 fully saturated rings. The van der Waals surface area contributed by atoms with Crippen LogP contribution in [0.15, 0.2) is 18.2 Å². The molecule has 2 rings (SSSR count). The van der Waals surface area contributed by atoms with Gasteiger partial charge in [0, 0.05) is 17.0 Å². The van der Waals surface area contributed by atoms with Crippen molar-refractivity contribution in [3.8, 4) is 6.07 Å². The molecule has 1 N–H and O–H groups in total. The van der Waals surface area contributed by atoms with E-state index in [0.29, 0.717) is 6.04 Å². The smallest absolute Gasteiger partial charge is 0.0994 e. The lowest BCUT2D eigenvalue weighted by Gasteiger charge is -2.28. The first kappa shape index (κ1) is 13.3. The number of nitriles is 1. The molecule has 1 aromatic rings. The van der Waals surface area contributed by atoms with Crippen LogP contribution in [-0.4, -0.2) is 17.5 Å². The summed E-state index contributed by atoms with van der Waals surface area (Å²) in [4.78, 5) is 0. The lowest BCUT2D eigenvalue weighted by molar-refractivity contribution is 0.473. The Kier molecular flexibility index (Phi) is 4.54. The normalized spacial score (nSPS) is 23.4. The molecule has 96 valence electrons. The highest BCUT2D eigenvalue weighted by atomic mass is 32.2. The number of benzene rings is 1. The lowest BCUT2D eigenvalue weighted by atomic mass is 9.94. The molecule has 0 aliphatic heterocycles. The van der Waals surface area contributed by atoms with Crippen LogP contribution in [0.2, 0.25) is 0 Å². The summed E-state index contributed by atoms with van der Waals surface area (Å²) < 4.78 is 0. The highest BCUT2D eigenvalue weighted by Gasteiger charge is 2.20. The molecule has 1 saturated carbocycles. The molecule has 1 aliphatic carbocycles. The number of hydrogen-bond acceptors (Lipinski definition) is 3. The van der Waals surface area contributed by atoms with Crippen LogP contribution in [0.5, 0.6) is 0 Å². The van der Waals surface area contributed by atoms with Gasteiger partial charge in [-0.05, 0) is 62.6 Å². The van der Waals surface area contributed by atoms with E-state index in [-0.39, 0.29) is 0 Å². The molecular formula is C15H20N2S. The van der Waals surface area contributed by atoms with Gasteiger partial charge < -0.3 is 5.32 Å². The third-order valence-electron chi connectivity index (χ3n) is 3.73. The SMILES string of the molecule is CSC1CCC(Nc2ccc(C#N)c(C)c2)CC1. The van der Waals surface area contributed by atoms with Crippen LogP contribution < -0.4 is 5.32 Å². The highest BCUT2D eigenvalue weighted by molar-refractivity contribution is 7.99. The monoisotopic (exact) mass is 260 g/mol. The standard InChI is InChI=1S/C15H20N2S/c1-11-9-14(4-3-12(11)10-16)17-13-5-7-15(18-2)8-6-13/h3-4,9,13,15,17H,5-8H2,1-2H3. The van der Waals surface area contributed by atoms with Gasteiger partial charge in [-0.25, -0.2) is 0 Å². The second-order valence-electron chi connectivity index (χ2n) is 5.00. The van der Waals surface area contributed by atoms with Crippen molar-refractivity contribution in [2.45, 2.75) is 43.9 Å². The Morgan fingerprint density at radius 2 is 2.00 bits per heavy atom. The van der Waals surface area contributed by atoms with Crippen molar-refractivity contribution in [3.05, 3.63) is 29.3 Å². The van der Waals surface area contributed by atoms with Gasteiger partial charge in [0.1, 0.15) is 0 Å². The van der Waals surface area contributed by atoms with Gasteiger partial charge >= 0.3 is 0 Å². The topological polar surface area (TPSA) is 35.8 Å². The second-order valence-corrected chi connectivity index (χ2v) is 6.13. The van der Waals surface area contributed by atoms with E-state index in [1.165, 1.54) is 25.7 Å². The summed E-state index contributed by atoms with van der Waals surface area (Å²) in [5, 5.41) is 13.4. The molecule has 3 heteroatoms. The lowest BCUT2D eigenvalue weighted by Crippen LogP contribution is -2.27. The zero-order chi connectivity index (χ0) is 13.0. The van der Waals surface area contributed by atoms with Crippen molar-refractivity contribution in [2.24, 2.45) is 0 Å². The van der Waals surface area contributed by atoms with Gasteiger partial charge in [0.25, 0.3) is 0 Å². The third kappa shape index (κ3) is 3.20. The van der Waals surface area contributed by atoms with Crippen LogP contribution in [0.4, 0.5) is 5.69 Å². The molecular weight excluding hydrogens is 240 g/mol. The predicted octanol–water partition coefficient (Wildman–Crippen LogP) is 3.95. The number of hydrogen-bond donors (Lipinski definition) is 1. The van der Waals surface area contributed by atoms with Crippen LogP contribution in [-0.2, 0) is 0 Å². The summed E-state index contributed by atoms with van der Waals surface area (Å²) in [7, 11) is 0. The number of thioether (sulfide) groups is 1. The summed E-state index contributed by atoms with van der Waals surface area (Å²) in [5.41, 5.74) is 2.98. The number of rotatable bonds is 3. The van der Waals surface area contributed by atoms with Crippen LogP contribution >= 0.6 is 11.8 Å². The quantitative estimate of drug-likeness (QED) is 0.893. The molecule has 0 aromatic heterocycles. The van der Waals surface area contributed by atoms with E-state index in [0.717, 1.165) is 22.1 Å². The molecule has 0 radical (unpaired) electrons. The molecule has 0 spiro atoms. The molecule has 0 unspecified atom stereocenters. The maximum Gasteiger partial charge on any atom is 0.0994 e. The van der Waals surface area contributed by atoms with Crippen LogP contribution in [0, 0.1) is 18.3 Å². The van der Waals surface area contributed by atoms with E-state index >= 15 is 0 Å². The Balaban J connectivity index is 1.94. The maximum atomic E-state index is 8.91. The number of nitrogens with one attached hydrogen (secondary N) is 1. The van der Waals surface area contributed by atoms with E-state index in [9.17, 15) is 0 Å². The van der Waals surface area contributed by atoms with Gasteiger partial charge in [0.05, 0.1) is 11.6 Å². The Bertz CT molecular complexity index is 442. The summed E-state index contributed by atoms with van der Waals surface area (Å²) in [6, 6.07) is 8.82. The first-order valence-corrected chi connectivity index (χ1v) is 7.82. The van der Waals surface area contributed by atoms with Crippen molar-refractivity contribution in [2.75, 3.05) is 11.6 Å². The van der Waals surface area contributed by atoms with E-state index < -0.39 is 0 Å². The fraction of sp³-hybridized carbons (Fsp3) is 0.533. The molecule has 1 aliphatic rings. The average Bonchev–Trinajstić information content (AvgIpc) is 2.40. The van der Waals surface area contributed by atoms with Crippen LogP contribution in [0.1, 0.15) is 36.8 Å². The van der Waals surface area contributed by atoms with Crippen LogP contribution in [0.25, 0.3) is 0 Å². The highest BCUT2D eigenvalue weighted by Crippen LogP contribution is 2.29. The second kappa shape index (κ2) is 6.15. The van der Waals surface area contributed by atoms with Gasteiger partial charge in [-0.2, -0.15) is 17.0 Å². The Morgan fingerprint density at radius 3 is 2.56 bits per heavy atom. The summed E-state index contributed by atoms with van der Waals surface area (Å²) in [5.74, 6) is 0. The minimum absolute atomic E-state index is 0.598. The van der Waals surface area contributed by atoms with Crippen molar-refractivity contribution >= 4 is 17.4 Å². The molecule has 2 nitrogen and oxygen atoms in total. The van der Waals surface area contributed by atoms with Crippen molar-refractivity contribution in [1.82, 2.24) is 0 Å². The third-order valence-corrected chi connectivity index (χ3v) is 4.86. The van der Waals surface area contributed by atoms with Crippen molar-refractivity contribution in [1.29, 1.82) is 5.26 Å². The van der Waals surface area contributed by atoms with Crippen molar-refractivity contribution in [3.63, 3.8) is 0 Å². The fourth-order valence-electron chi connectivity index (χ4n) is 2.56. The number of aryl methyl sites for hydroxylation is 1. The Morgan fingerprint density at radius 1 is 1.28 bits per heavy atom. The van der Waals surface area contributed by atoms with Gasteiger partial charge in [0.2, 0.25) is 0 Å². The van der Waals surface area contributed by atoms with E-state index in [4.69, 9.17) is 5.26 Å². The van der Waals surface area contributed by atoms with E-state index in [1.807, 2.05) is 30.8 Å². The zero-order valence-electron chi connectivity index (χ0n) is 11.1. The summed E-state index contributed by atoms with van der Waals surface area (Å²) in [6.45, 7) is 1.99. The molecule has 18 heavy (non-hydrogen) atoms. The minimum atomic E-state index is 0.598. The van der Waals surface area contributed by atoms with Crippen LogP contribution in [0.3, 0.4) is 0 Å². The molecule has 0 saturated heterocycles. The first-order chi connectivity index (χ1) is 8.72. The first-order valence-electron chi connectivity index (χ1n) is 6.53. The van der Waals surface area contributed by atoms with E-state index in [1.54, 1.807) is 0 Å². The van der Waals surface area contributed by atoms with Gasteiger partial charge in [0.15, 0.2) is 0 Å². The molecule has 0 bridgehead atoms. The molecule has 0 heterocycles. The Labute approximate surface area is 114 Å². The van der Waals surface area contributed by atoms with Gasteiger partial charge in [-0.15, -0.1) is 0 Å². The zero-order valence-corrected chi connectivity index (χ0v) is 11.9. The minimum Gasteiger partial charge on any atom is -0.382 e. The largest absolute Gasteiger partial charge is 0.382 e. The van der Waals surface area contributed by atoms with Crippen molar-refractivity contribution < 1.29 is 0 Å². The molecule has 1 aromatic carbocycles. The fourth-order valence-corrected chi connectivity index (χ4v) is 3.30.